The molecule has 1 aromatic rings. The molecule has 132 valence electrons. The number of hydrogen-bond acceptors (Lipinski definition) is 4. The van der Waals surface area contributed by atoms with Crippen LogP contribution in [0.4, 0.5) is 5.69 Å². The van der Waals surface area contributed by atoms with Crippen LogP contribution in [0.5, 0.6) is 0 Å². The molecular weight excluding hydrogens is 306 g/mol. The number of nitrogens with one attached hydrogen (secondary N) is 2. The minimum atomic E-state index is -0.222. The Morgan fingerprint density at radius 2 is 1.83 bits per heavy atom. The van der Waals surface area contributed by atoms with Gasteiger partial charge in [-0.25, -0.2) is 0 Å². The molecule has 0 aliphatic carbocycles. The van der Waals surface area contributed by atoms with E-state index >= 15 is 0 Å². The summed E-state index contributed by atoms with van der Waals surface area (Å²) in [5.74, 6) is -0.367. The van der Waals surface area contributed by atoms with Crippen LogP contribution < -0.4 is 10.6 Å². The molecule has 1 heterocycles. The van der Waals surface area contributed by atoms with E-state index in [1.54, 1.807) is 0 Å². The lowest BCUT2D eigenvalue weighted by atomic mass is 10.1. The summed E-state index contributed by atoms with van der Waals surface area (Å²) in [5, 5.41) is 5.52. The smallest absolute Gasteiger partial charge is 0.243 e. The Morgan fingerprint density at radius 1 is 1.17 bits per heavy atom. The lowest BCUT2D eigenvalue weighted by molar-refractivity contribution is -0.128. The Hall–Kier alpha value is -1.92. The largest absolute Gasteiger partial charge is 0.373 e. The van der Waals surface area contributed by atoms with E-state index in [9.17, 15) is 9.59 Å². The number of carbonyl (C=O) groups excluding carboxylic acids is 2. The maximum atomic E-state index is 12.0. The number of anilines is 1. The fourth-order valence-corrected chi connectivity index (χ4v) is 2.93. The van der Waals surface area contributed by atoms with Crippen LogP contribution >= 0.6 is 0 Å². The lowest BCUT2D eigenvalue weighted by Gasteiger charge is -2.34. The SMILES string of the molecule is Cc1cccc(NC(=O)CNC(=O)CN2C[C@@H](C)O[C@@H](C)C2)c1C. The minimum Gasteiger partial charge on any atom is -0.373 e. The number of amides is 2. The average Bonchev–Trinajstić information content (AvgIpc) is 2.49. The zero-order valence-corrected chi connectivity index (χ0v) is 14.9. The highest BCUT2D eigenvalue weighted by atomic mass is 16.5. The number of rotatable bonds is 5. The van der Waals surface area contributed by atoms with Gasteiger partial charge in [-0.05, 0) is 44.9 Å². The second-order valence-corrected chi connectivity index (χ2v) is 6.52. The van der Waals surface area contributed by atoms with Gasteiger partial charge in [-0.15, -0.1) is 0 Å². The number of aryl methyl sites for hydroxylation is 1. The van der Waals surface area contributed by atoms with Gasteiger partial charge in [0.2, 0.25) is 11.8 Å². The Labute approximate surface area is 143 Å². The molecule has 1 fully saturated rings. The first-order valence-corrected chi connectivity index (χ1v) is 8.35. The monoisotopic (exact) mass is 333 g/mol. The maximum Gasteiger partial charge on any atom is 0.243 e. The topological polar surface area (TPSA) is 70.7 Å². The first-order chi connectivity index (χ1) is 11.3. The van der Waals surface area contributed by atoms with Gasteiger partial charge in [-0.2, -0.15) is 0 Å². The van der Waals surface area contributed by atoms with Crippen LogP contribution in [0.15, 0.2) is 18.2 Å². The van der Waals surface area contributed by atoms with Gasteiger partial charge in [-0.1, -0.05) is 12.1 Å². The van der Waals surface area contributed by atoms with Gasteiger partial charge in [0.25, 0.3) is 0 Å². The summed E-state index contributed by atoms with van der Waals surface area (Å²) in [6.45, 7) is 9.67. The molecule has 6 nitrogen and oxygen atoms in total. The zero-order valence-electron chi connectivity index (χ0n) is 14.9. The molecule has 1 aliphatic rings. The van der Waals surface area contributed by atoms with Gasteiger partial charge >= 0.3 is 0 Å². The molecule has 0 aromatic heterocycles. The molecule has 6 heteroatoms. The summed E-state index contributed by atoms with van der Waals surface area (Å²) < 4.78 is 5.65. The third kappa shape index (κ3) is 5.32. The van der Waals surface area contributed by atoms with Gasteiger partial charge in [-0.3, -0.25) is 14.5 Å². The van der Waals surface area contributed by atoms with E-state index in [-0.39, 0.29) is 37.1 Å². The number of hydrogen-bond donors (Lipinski definition) is 2. The highest BCUT2D eigenvalue weighted by molar-refractivity contribution is 5.95. The Balaban J connectivity index is 1.77. The first-order valence-electron chi connectivity index (χ1n) is 8.35. The van der Waals surface area contributed by atoms with Gasteiger partial charge in [0, 0.05) is 18.8 Å². The molecule has 2 amide bonds. The third-order valence-electron chi connectivity index (χ3n) is 4.19. The van der Waals surface area contributed by atoms with E-state index in [1.807, 2.05) is 45.9 Å². The van der Waals surface area contributed by atoms with E-state index in [2.05, 4.69) is 15.5 Å². The number of ether oxygens (including phenoxy) is 1. The second-order valence-electron chi connectivity index (χ2n) is 6.52. The van der Waals surface area contributed by atoms with Crippen molar-refractivity contribution in [2.24, 2.45) is 0 Å². The molecule has 0 spiro atoms. The van der Waals surface area contributed by atoms with Crippen molar-refractivity contribution in [3.8, 4) is 0 Å². The van der Waals surface area contributed by atoms with E-state index in [0.717, 1.165) is 29.9 Å². The van der Waals surface area contributed by atoms with Gasteiger partial charge in [0.1, 0.15) is 0 Å². The van der Waals surface area contributed by atoms with Gasteiger partial charge < -0.3 is 15.4 Å². The fourth-order valence-electron chi connectivity index (χ4n) is 2.93. The highest BCUT2D eigenvalue weighted by Gasteiger charge is 2.23. The third-order valence-corrected chi connectivity index (χ3v) is 4.19. The van der Waals surface area contributed by atoms with Crippen LogP contribution in [-0.4, -0.2) is 55.1 Å². The highest BCUT2D eigenvalue weighted by Crippen LogP contribution is 2.17. The van der Waals surface area contributed by atoms with Gasteiger partial charge in [0.05, 0.1) is 25.3 Å². The van der Waals surface area contributed by atoms with Gasteiger partial charge in [0.15, 0.2) is 0 Å². The first kappa shape index (κ1) is 18.4. The molecule has 0 unspecified atom stereocenters. The normalized spacial score (nSPS) is 21.3. The summed E-state index contributed by atoms with van der Waals surface area (Å²) in [7, 11) is 0. The van der Waals surface area contributed by atoms with E-state index in [4.69, 9.17) is 4.74 Å². The summed E-state index contributed by atoms with van der Waals surface area (Å²) in [5.41, 5.74) is 2.94. The van der Waals surface area contributed by atoms with Crippen LogP contribution in [0.25, 0.3) is 0 Å². The molecule has 24 heavy (non-hydrogen) atoms. The molecule has 0 saturated carbocycles. The zero-order chi connectivity index (χ0) is 17.7. The minimum absolute atomic E-state index is 0.0261. The van der Waals surface area contributed by atoms with Crippen LogP contribution in [0, 0.1) is 13.8 Å². The quantitative estimate of drug-likeness (QED) is 0.856. The van der Waals surface area contributed by atoms with Crippen molar-refractivity contribution in [3.63, 3.8) is 0 Å². The molecule has 1 saturated heterocycles. The summed E-state index contributed by atoms with van der Waals surface area (Å²) >= 11 is 0. The Kier molecular flexibility index (Phi) is 6.34. The van der Waals surface area contributed by atoms with Crippen LogP contribution in [0.1, 0.15) is 25.0 Å². The summed E-state index contributed by atoms with van der Waals surface area (Å²) in [6.07, 6.45) is 0.239. The van der Waals surface area contributed by atoms with Crippen LogP contribution in [0.3, 0.4) is 0 Å². The molecule has 2 atom stereocenters. The van der Waals surface area contributed by atoms with Crippen molar-refractivity contribution in [2.75, 3.05) is 31.5 Å². The molecule has 0 radical (unpaired) electrons. The van der Waals surface area contributed by atoms with Crippen molar-refractivity contribution in [1.29, 1.82) is 0 Å². The fraction of sp³-hybridized carbons (Fsp3) is 0.556. The number of nitrogens with zero attached hydrogens (tertiary/aromatic N) is 1. The van der Waals surface area contributed by atoms with E-state index < -0.39 is 0 Å². The van der Waals surface area contributed by atoms with Crippen LogP contribution in [-0.2, 0) is 14.3 Å². The average molecular weight is 333 g/mol. The second kappa shape index (κ2) is 8.26. The van der Waals surface area contributed by atoms with Crippen molar-refractivity contribution < 1.29 is 14.3 Å². The molecule has 1 aliphatic heterocycles. The Bertz CT molecular complexity index is 593. The predicted molar refractivity (Wildman–Crippen MR) is 94.0 cm³/mol. The predicted octanol–water partition coefficient (Wildman–Crippen LogP) is 1.47. The number of benzene rings is 1. The molecule has 1 aromatic carbocycles. The van der Waals surface area contributed by atoms with E-state index in [1.165, 1.54) is 0 Å². The number of carbonyl (C=O) groups is 2. The van der Waals surface area contributed by atoms with Crippen molar-refractivity contribution in [2.45, 2.75) is 39.9 Å². The van der Waals surface area contributed by atoms with E-state index in [0.29, 0.717) is 0 Å². The molecule has 0 bridgehead atoms. The van der Waals surface area contributed by atoms with Crippen LogP contribution in [0.2, 0.25) is 0 Å². The number of morpholine rings is 1. The van der Waals surface area contributed by atoms with Crippen molar-refractivity contribution >= 4 is 17.5 Å². The van der Waals surface area contributed by atoms with Crippen molar-refractivity contribution in [1.82, 2.24) is 10.2 Å². The lowest BCUT2D eigenvalue weighted by Crippen LogP contribution is -2.49. The molecule has 2 N–H and O–H groups in total. The summed E-state index contributed by atoms with van der Waals surface area (Å²) in [4.78, 5) is 26.1. The standard InChI is InChI=1S/C18H27N3O3/c1-12-6-5-7-16(15(12)4)20-17(22)8-19-18(23)11-21-9-13(2)24-14(3)10-21/h5-7,13-14H,8-11H2,1-4H3,(H,19,23)(H,20,22)/t13-,14+. The van der Waals surface area contributed by atoms with Crippen molar-refractivity contribution in [3.05, 3.63) is 29.3 Å². The maximum absolute atomic E-state index is 12.0. The summed E-state index contributed by atoms with van der Waals surface area (Å²) in [6, 6.07) is 5.76. The Morgan fingerprint density at radius 3 is 2.50 bits per heavy atom. The molecule has 2 rings (SSSR count). The molecular formula is C18H27N3O3.